The van der Waals surface area contributed by atoms with E-state index < -0.39 is 0 Å². The molecule has 0 saturated carbocycles. The largest absolute Gasteiger partial charge is 0.329 e. The third kappa shape index (κ3) is 3.51. The zero-order valence-electron chi connectivity index (χ0n) is 9.19. The molecule has 0 spiro atoms. The van der Waals surface area contributed by atoms with Gasteiger partial charge in [0.1, 0.15) is 0 Å². The van der Waals surface area contributed by atoms with Crippen molar-refractivity contribution in [2.45, 2.75) is 32.0 Å². The van der Waals surface area contributed by atoms with Gasteiger partial charge < -0.3 is 28.7 Å². The summed E-state index contributed by atoms with van der Waals surface area (Å²) in [6.07, 6.45) is 0. The molecule has 0 aromatic heterocycles. The lowest BCUT2D eigenvalue weighted by atomic mass is 9.83. The highest BCUT2D eigenvalue weighted by Gasteiger charge is 2.26. The zero-order chi connectivity index (χ0) is 11.3. The summed E-state index contributed by atoms with van der Waals surface area (Å²) in [6.45, 7) is 4.89. The van der Waals surface area contributed by atoms with Crippen molar-refractivity contribution in [3.63, 3.8) is 0 Å². The molecule has 0 rings (SSSR count). The molecule has 0 aliphatic carbocycles. The van der Waals surface area contributed by atoms with Gasteiger partial charge in [-0.1, -0.05) is 13.8 Å². The summed E-state index contributed by atoms with van der Waals surface area (Å²) in [5, 5.41) is 0. The van der Waals surface area contributed by atoms with E-state index in [1.165, 1.54) is 0 Å². The summed E-state index contributed by atoms with van der Waals surface area (Å²) in [7, 11) is 0. The fourth-order valence-electron chi connectivity index (χ4n) is 1.48. The molecule has 0 aliphatic rings. The van der Waals surface area contributed by atoms with Crippen LogP contribution in [0.15, 0.2) is 0 Å². The van der Waals surface area contributed by atoms with Crippen molar-refractivity contribution < 1.29 is 0 Å². The molecule has 10 N–H and O–H groups in total. The maximum atomic E-state index is 6.04. The van der Waals surface area contributed by atoms with Crippen LogP contribution in [-0.4, -0.2) is 31.2 Å². The van der Waals surface area contributed by atoms with Crippen LogP contribution >= 0.6 is 0 Å². The molecule has 0 aromatic carbocycles. The van der Waals surface area contributed by atoms with Gasteiger partial charge in [0.05, 0.1) is 0 Å². The Morgan fingerprint density at radius 3 is 1.29 bits per heavy atom. The molecule has 5 nitrogen and oxygen atoms in total. The molecule has 0 radical (unpaired) electrons. The van der Waals surface area contributed by atoms with Crippen LogP contribution in [0.2, 0.25) is 0 Å². The van der Waals surface area contributed by atoms with Gasteiger partial charge in [-0.2, -0.15) is 0 Å². The molecule has 0 aliphatic heterocycles. The number of hydrogen-bond donors (Lipinski definition) is 5. The van der Waals surface area contributed by atoms with E-state index in [0.717, 1.165) is 0 Å². The molecule has 86 valence electrons. The first-order chi connectivity index (χ1) is 6.45. The number of rotatable bonds is 6. The maximum absolute atomic E-state index is 6.04. The smallest absolute Gasteiger partial charge is 0.0204 e. The Morgan fingerprint density at radius 2 is 1.07 bits per heavy atom. The topological polar surface area (TPSA) is 130 Å². The van der Waals surface area contributed by atoms with Crippen molar-refractivity contribution in [3.05, 3.63) is 0 Å². The van der Waals surface area contributed by atoms with Crippen molar-refractivity contribution in [2.75, 3.05) is 13.1 Å². The first kappa shape index (κ1) is 13.8. The second-order valence-electron chi connectivity index (χ2n) is 4.09. The van der Waals surface area contributed by atoms with E-state index in [2.05, 4.69) is 0 Å². The minimum absolute atomic E-state index is 0.0490. The third-order valence-electron chi connectivity index (χ3n) is 3.11. The van der Waals surface area contributed by atoms with Crippen LogP contribution < -0.4 is 28.7 Å². The SMILES string of the molecule is CC(C(N)CN)C(N)C(C)C(N)CN. The minimum atomic E-state index is -0.0718. The molecule has 0 fully saturated rings. The summed E-state index contributed by atoms with van der Waals surface area (Å²) in [5.74, 6) is 0.320. The van der Waals surface area contributed by atoms with Gasteiger partial charge in [0.25, 0.3) is 0 Å². The number of nitrogens with two attached hydrogens (primary N) is 5. The zero-order valence-corrected chi connectivity index (χ0v) is 9.19. The monoisotopic (exact) mass is 203 g/mol. The fourth-order valence-corrected chi connectivity index (χ4v) is 1.48. The van der Waals surface area contributed by atoms with Crippen LogP contribution in [0.4, 0.5) is 0 Å². The van der Waals surface area contributed by atoms with Crippen LogP contribution in [0.3, 0.4) is 0 Å². The molecule has 0 bridgehead atoms. The fraction of sp³-hybridized carbons (Fsp3) is 1.00. The summed E-state index contributed by atoms with van der Waals surface area (Å²) >= 11 is 0. The van der Waals surface area contributed by atoms with Gasteiger partial charge in [0, 0.05) is 31.2 Å². The van der Waals surface area contributed by atoms with Gasteiger partial charge in [-0.15, -0.1) is 0 Å². The molecular formula is C9H25N5. The standard InChI is InChI=1S/C9H25N5/c1-5(7(12)3-10)9(14)6(2)8(13)4-11/h5-9H,3-4,10-14H2,1-2H3. The van der Waals surface area contributed by atoms with Crippen molar-refractivity contribution in [1.29, 1.82) is 0 Å². The van der Waals surface area contributed by atoms with E-state index in [1.807, 2.05) is 13.8 Å². The Bertz CT molecular complexity index is 136. The Morgan fingerprint density at radius 1 is 0.786 bits per heavy atom. The van der Waals surface area contributed by atoms with Crippen molar-refractivity contribution >= 4 is 0 Å². The van der Waals surface area contributed by atoms with Gasteiger partial charge in [0.15, 0.2) is 0 Å². The van der Waals surface area contributed by atoms with Crippen molar-refractivity contribution in [2.24, 2.45) is 40.5 Å². The molecule has 14 heavy (non-hydrogen) atoms. The van der Waals surface area contributed by atoms with Gasteiger partial charge in [0.2, 0.25) is 0 Å². The lowest BCUT2D eigenvalue weighted by Gasteiger charge is -2.32. The normalized spacial score (nSPS) is 22.5. The molecule has 0 heterocycles. The van der Waals surface area contributed by atoms with Crippen molar-refractivity contribution in [3.8, 4) is 0 Å². The molecule has 0 saturated heterocycles. The Labute approximate surface area is 86.4 Å². The van der Waals surface area contributed by atoms with Crippen LogP contribution in [0.5, 0.6) is 0 Å². The molecule has 0 aromatic rings. The lowest BCUT2D eigenvalue weighted by Crippen LogP contribution is -2.53. The molecule has 0 amide bonds. The average Bonchev–Trinajstić information content (AvgIpc) is 2.23. The first-order valence-corrected chi connectivity index (χ1v) is 5.12. The van der Waals surface area contributed by atoms with Crippen LogP contribution in [0, 0.1) is 11.8 Å². The predicted molar refractivity (Wildman–Crippen MR) is 60.4 cm³/mol. The second-order valence-corrected chi connectivity index (χ2v) is 4.09. The lowest BCUT2D eigenvalue weighted by molar-refractivity contribution is 0.274. The van der Waals surface area contributed by atoms with E-state index in [-0.39, 0.29) is 30.0 Å². The van der Waals surface area contributed by atoms with E-state index in [1.54, 1.807) is 0 Å². The number of hydrogen-bond acceptors (Lipinski definition) is 5. The third-order valence-corrected chi connectivity index (χ3v) is 3.11. The molecule has 4 unspecified atom stereocenters. The molecular weight excluding hydrogens is 178 g/mol. The Kier molecular flexibility index (Phi) is 6.22. The van der Waals surface area contributed by atoms with Crippen molar-refractivity contribution in [1.82, 2.24) is 0 Å². The second kappa shape index (κ2) is 6.31. The highest BCUT2D eigenvalue weighted by atomic mass is 14.8. The maximum Gasteiger partial charge on any atom is 0.0204 e. The Balaban J connectivity index is 4.22. The quantitative estimate of drug-likeness (QED) is 0.346. The summed E-state index contributed by atoms with van der Waals surface area (Å²) < 4.78 is 0. The minimum Gasteiger partial charge on any atom is -0.329 e. The van der Waals surface area contributed by atoms with E-state index in [4.69, 9.17) is 28.7 Å². The van der Waals surface area contributed by atoms with Gasteiger partial charge in [-0.25, -0.2) is 0 Å². The molecule has 4 atom stereocenters. The van der Waals surface area contributed by atoms with E-state index in [0.29, 0.717) is 13.1 Å². The van der Waals surface area contributed by atoms with Crippen LogP contribution in [0.1, 0.15) is 13.8 Å². The highest BCUT2D eigenvalue weighted by Crippen LogP contribution is 2.15. The molecule has 5 heteroatoms. The van der Waals surface area contributed by atoms with Gasteiger partial charge >= 0.3 is 0 Å². The average molecular weight is 203 g/mol. The van der Waals surface area contributed by atoms with Gasteiger partial charge in [-0.3, -0.25) is 0 Å². The Hall–Kier alpha value is -0.200. The summed E-state index contributed by atoms with van der Waals surface area (Å²) in [5.41, 5.74) is 28.6. The van der Waals surface area contributed by atoms with Crippen LogP contribution in [-0.2, 0) is 0 Å². The van der Waals surface area contributed by atoms with E-state index in [9.17, 15) is 0 Å². The van der Waals surface area contributed by atoms with E-state index >= 15 is 0 Å². The highest BCUT2D eigenvalue weighted by molar-refractivity contribution is 4.87. The predicted octanol–water partition coefficient (Wildman–Crippen LogP) is -1.84. The first-order valence-electron chi connectivity index (χ1n) is 5.12. The van der Waals surface area contributed by atoms with Crippen LogP contribution in [0.25, 0.3) is 0 Å². The van der Waals surface area contributed by atoms with Gasteiger partial charge in [-0.05, 0) is 11.8 Å². The summed E-state index contributed by atoms with van der Waals surface area (Å²) in [6, 6.07) is -0.193. The summed E-state index contributed by atoms with van der Waals surface area (Å²) in [4.78, 5) is 0.